The Morgan fingerprint density at radius 2 is 0.803 bits per heavy atom. The summed E-state index contributed by atoms with van der Waals surface area (Å²) in [4.78, 5) is 10.4. The van der Waals surface area contributed by atoms with Crippen molar-refractivity contribution in [2.45, 2.75) is 0 Å². The number of hydrogen-bond donors (Lipinski definition) is 0. The van der Waals surface area contributed by atoms with Gasteiger partial charge in [0.1, 0.15) is 0 Å². The second-order valence-electron chi connectivity index (χ2n) is 16.4. The van der Waals surface area contributed by atoms with E-state index in [0.717, 1.165) is 94.5 Å². The van der Waals surface area contributed by atoms with Gasteiger partial charge in [0.25, 0.3) is 0 Å². The van der Waals surface area contributed by atoms with Crippen molar-refractivity contribution in [2.24, 2.45) is 0 Å². The molecule has 12 rings (SSSR count). The maximum atomic E-state index is 9.83. The highest BCUT2D eigenvalue weighted by Gasteiger charge is 2.22. The predicted molar refractivity (Wildman–Crippen MR) is 267 cm³/mol. The van der Waals surface area contributed by atoms with E-state index in [1.54, 1.807) is 6.07 Å². The lowest BCUT2D eigenvalue weighted by Crippen LogP contribution is -2.02. The van der Waals surface area contributed by atoms with Crippen molar-refractivity contribution >= 4 is 43.6 Å². The highest BCUT2D eigenvalue weighted by molar-refractivity contribution is 6.12. The summed E-state index contributed by atoms with van der Waals surface area (Å²) in [5.41, 5.74) is 15.7. The minimum atomic E-state index is 0.452. The Bertz CT molecular complexity index is 3820. The van der Waals surface area contributed by atoms with Gasteiger partial charge in [0.15, 0.2) is 5.82 Å². The van der Waals surface area contributed by atoms with Crippen molar-refractivity contribution in [3.8, 4) is 79.7 Å². The molecule has 0 saturated carbocycles. The summed E-state index contributed by atoms with van der Waals surface area (Å²) in [5.74, 6) is 0.656. The van der Waals surface area contributed by atoms with Crippen LogP contribution in [-0.2, 0) is 0 Å². The molecule has 0 aliphatic carbocycles. The third-order valence-electron chi connectivity index (χ3n) is 12.6. The van der Waals surface area contributed by atoms with Crippen LogP contribution < -0.4 is 0 Å². The lowest BCUT2D eigenvalue weighted by atomic mass is 9.96. The summed E-state index contributed by atoms with van der Waals surface area (Å²) >= 11 is 0. The summed E-state index contributed by atoms with van der Waals surface area (Å²) in [6.45, 7) is 0. The van der Waals surface area contributed by atoms with E-state index in [-0.39, 0.29) is 0 Å². The first-order valence-corrected chi connectivity index (χ1v) is 21.8. The van der Waals surface area contributed by atoms with Crippen LogP contribution in [0, 0.1) is 22.7 Å². The van der Waals surface area contributed by atoms with Crippen LogP contribution >= 0.6 is 0 Å². The molecule has 0 aliphatic heterocycles. The highest BCUT2D eigenvalue weighted by atomic mass is 15.0. The molecule has 6 nitrogen and oxygen atoms in total. The van der Waals surface area contributed by atoms with Crippen molar-refractivity contribution in [1.82, 2.24) is 19.1 Å². The van der Waals surface area contributed by atoms with Crippen molar-refractivity contribution in [3.63, 3.8) is 0 Å². The van der Waals surface area contributed by atoms with E-state index < -0.39 is 0 Å². The van der Waals surface area contributed by atoms with Gasteiger partial charge in [-0.05, 0) is 83.9 Å². The first-order chi connectivity index (χ1) is 32.6. The van der Waals surface area contributed by atoms with Gasteiger partial charge in [-0.25, -0.2) is 9.97 Å². The van der Waals surface area contributed by atoms with Gasteiger partial charge in [0.05, 0.1) is 68.1 Å². The molecule has 306 valence electrons. The molecule has 3 heterocycles. The first kappa shape index (κ1) is 38.3. The van der Waals surface area contributed by atoms with Gasteiger partial charge in [-0.15, -0.1) is 0 Å². The number of para-hydroxylation sites is 4. The Balaban J connectivity index is 1.15. The average molecular weight is 841 g/mol. The molecule has 0 spiro atoms. The number of nitriles is 2. The molecule has 0 aliphatic rings. The summed E-state index contributed by atoms with van der Waals surface area (Å²) in [6, 6.07) is 80.0. The second kappa shape index (κ2) is 15.8. The molecule has 0 saturated heterocycles. The molecule has 0 atom stereocenters. The predicted octanol–water partition coefficient (Wildman–Crippen LogP) is 14.7. The number of rotatable bonds is 7. The van der Waals surface area contributed by atoms with E-state index in [1.165, 1.54) is 10.8 Å². The molecule has 3 aromatic heterocycles. The number of nitrogens with zero attached hydrogens (tertiary/aromatic N) is 6. The van der Waals surface area contributed by atoms with Crippen LogP contribution in [0.5, 0.6) is 0 Å². The maximum absolute atomic E-state index is 9.83. The molecule has 9 aromatic carbocycles. The Kier molecular flexibility index (Phi) is 9.16. The number of hydrogen-bond acceptors (Lipinski definition) is 4. The number of benzene rings is 9. The van der Waals surface area contributed by atoms with Crippen molar-refractivity contribution < 1.29 is 0 Å². The minimum Gasteiger partial charge on any atom is -0.309 e. The van der Waals surface area contributed by atoms with E-state index in [4.69, 9.17) is 9.97 Å². The largest absolute Gasteiger partial charge is 0.309 e. The zero-order valence-corrected chi connectivity index (χ0v) is 35.5. The molecule has 0 radical (unpaired) electrons. The molecule has 0 amide bonds. The molecule has 0 fully saturated rings. The molecule has 66 heavy (non-hydrogen) atoms. The molecule has 0 N–H and O–H groups in total. The van der Waals surface area contributed by atoms with Crippen molar-refractivity contribution in [2.75, 3.05) is 0 Å². The fourth-order valence-corrected chi connectivity index (χ4v) is 9.59. The van der Waals surface area contributed by atoms with Crippen LogP contribution in [0.15, 0.2) is 218 Å². The van der Waals surface area contributed by atoms with Gasteiger partial charge in [0, 0.05) is 49.4 Å². The van der Waals surface area contributed by atoms with Crippen molar-refractivity contribution in [3.05, 3.63) is 230 Å². The fraction of sp³-hybridized carbons (Fsp3) is 0. The summed E-state index contributed by atoms with van der Waals surface area (Å²) in [6.07, 6.45) is 0. The van der Waals surface area contributed by atoms with E-state index in [2.05, 4.69) is 185 Å². The summed E-state index contributed by atoms with van der Waals surface area (Å²) < 4.78 is 4.76. The van der Waals surface area contributed by atoms with E-state index >= 15 is 0 Å². The zero-order valence-electron chi connectivity index (χ0n) is 35.5. The lowest BCUT2D eigenvalue weighted by Gasteiger charge is -2.20. The van der Waals surface area contributed by atoms with Crippen LogP contribution in [0.3, 0.4) is 0 Å². The van der Waals surface area contributed by atoms with Gasteiger partial charge < -0.3 is 9.13 Å². The Morgan fingerprint density at radius 1 is 0.318 bits per heavy atom. The minimum absolute atomic E-state index is 0.452. The SMILES string of the molecule is N#Cc1cc(C#N)cc(-c2ccc3c(c2)c2ccccc2n3-c2ccc(-c3cc(-c4ccccc4)nc(-c4ccccc4)n3)cc2-c2ccccc2-n2c3ccccc3c3ccccc32)c1. The molecule has 6 heteroatoms. The quantitative estimate of drug-likeness (QED) is 0.160. The van der Waals surface area contributed by atoms with Crippen LogP contribution in [0.2, 0.25) is 0 Å². The molecule has 0 unspecified atom stereocenters. The van der Waals surface area contributed by atoms with Crippen molar-refractivity contribution in [1.29, 1.82) is 10.5 Å². The van der Waals surface area contributed by atoms with Gasteiger partial charge in [0.2, 0.25) is 0 Å². The van der Waals surface area contributed by atoms with Gasteiger partial charge in [-0.3, -0.25) is 0 Å². The summed E-state index contributed by atoms with van der Waals surface area (Å²) in [5, 5.41) is 24.2. The van der Waals surface area contributed by atoms with E-state index in [0.29, 0.717) is 17.0 Å². The third-order valence-corrected chi connectivity index (χ3v) is 12.6. The topological polar surface area (TPSA) is 83.2 Å². The second-order valence-corrected chi connectivity index (χ2v) is 16.4. The molecular formula is C60H36N6. The average Bonchev–Trinajstić information content (AvgIpc) is 3.91. The van der Waals surface area contributed by atoms with Crippen LogP contribution in [0.1, 0.15) is 11.1 Å². The lowest BCUT2D eigenvalue weighted by molar-refractivity contribution is 1.16. The number of fused-ring (bicyclic) bond motifs is 6. The standard InChI is InChI=1S/C60H36N6/c61-37-39-31-40(38-62)33-45(32-39)43-27-29-58-50(34-43)48-21-9-14-26-57(48)66(58)59-30-28-44(53-36-52(41-15-3-1-4-16-41)63-60(64-53)42-17-5-2-6-18-42)35-51(59)49-22-10-13-25-56(49)65-54-23-11-7-19-46(54)47-20-8-12-24-55(47)65/h1-36H. The van der Waals surface area contributed by atoms with Crippen LogP contribution in [-0.4, -0.2) is 19.1 Å². The van der Waals surface area contributed by atoms with Gasteiger partial charge >= 0.3 is 0 Å². The molecular weight excluding hydrogens is 805 g/mol. The van der Waals surface area contributed by atoms with Crippen LogP contribution in [0.25, 0.3) is 111 Å². The van der Waals surface area contributed by atoms with E-state index in [9.17, 15) is 10.5 Å². The fourth-order valence-electron chi connectivity index (χ4n) is 9.59. The molecule has 0 bridgehead atoms. The Labute approximate surface area is 380 Å². The van der Waals surface area contributed by atoms with Gasteiger partial charge in [-0.2, -0.15) is 10.5 Å². The Morgan fingerprint density at radius 3 is 1.42 bits per heavy atom. The highest BCUT2D eigenvalue weighted by Crippen LogP contribution is 2.43. The monoisotopic (exact) mass is 840 g/mol. The first-order valence-electron chi connectivity index (χ1n) is 21.8. The van der Waals surface area contributed by atoms with Crippen LogP contribution in [0.4, 0.5) is 0 Å². The van der Waals surface area contributed by atoms with Gasteiger partial charge in [-0.1, -0.05) is 146 Å². The summed E-state index contributed by atoms with van der Waals surface area (Å²) in [7, 11) is 0. The number of aromatic nitrogens is 4. The normalized spacial score (nSPS) is 11.3. The maximum Gasteiger partial charge on any atom is 0.160 e. The molecule has 12 aromatic rings. The Hall–Kier alpha value is -9.36. The zero-order chi connectivity index (χ0) is 44.1. The smallest absolute Gasteiger partial charge is 0.160 e. The van der Waals surface area contributed by atoms with E-state index in [1.807, 2.05) is 48.5 Å². The third kappa shape index (κ3) is 6.41.